The van der Waals surface area contributed by atoms with E-state index >= 15 is 0 Å². The van der Waals surface area contributed by atoms with Gasteiger partial charge in [0, 0.05) is 52.9 Å². The molecule has 29 heavy (non-hydrogen) atoms. The van der Waals surface area contributed by atoms with Crippen molar-refractivity contribution in [2.45, 2.75) is 24.9 Å². The van der Waals surface area contributed by atoms with Crippen LogP contribution in [0.3, 0.4) is 0 Å². The minimum Gasteiger partial charge on any atom is -0.351 e. The normalized spacial score (nSPS) is 25.9. The van der Waals surface area contributed by atoms with E-state index in [2.05, 4.69) is 22.2 Å². The van der Waals surface area contributed by atoms with Crippen molar-refractivity contribution in [2.75, 3.05) is 25.5 Å². The van der Waals surface area contributed by atoms with E-state index in [9.17, 15) is 4.79 Å². The van der Waals surface area contributed by atoms with Crippen molar-refractivity contribution in [3.8, 4) is 11.1 Å². The van der Waals surface area contributed by atoms with Gasteiger partial charge in [0.15, 0.2) is 0 Å². The number of benzene rings is 1. The van der Waals surface area contributed by atoms with Gasteiger partial charge in [-0.15, -0.1) is 0 Å². The van der Waals surface area contributed by atoms with E-state index in [1.165, 1.54) is 0 Å². The lowest BCUT2D eigenvalue weighted by Crippen LogP contribution is -2.25. The number of nitrogens with zero attached hydrogens (tertiary/aromatic N) is 4. The number of halogens is 1. The van der Waals surface area contributed by atoms with Crippen molar-refractivity contribution in [1.29, 1.82) is 0 Å². The molecule has 7 heteroatoms. The summed E-state index contributed by atoms with van der Waals surface area (Å²) >= 11 is 6.38. The van der Waals surface area contributed by atoms with E-state index in [0.717, 1.165) is 36.9 Å². The van der Waals surface area contributed by atoms with Crippen LogP contribution in [0.4, 0.5) is 5.95 Å². The second-order valence-electron chi connectivity index (χ2n) is 8.64. The molecule has 3 aromatic rings. The molecule has 2 aliphatic carbocycles. The zero-order valence-corrected chi connectivity index (χ0v) is 16.9. The Balaban J connectivity index is 1.43. The second-order valence-corrected chi connectivity index (χ2v) is 9.04. The van der Waals surface area contributed by atoms with Crippen molar-refractivity contribution < 1.29 is 0 Å². The SMILES string of the molecule is CN1CC2C(C1)C2Nc1ncc2cc(-c3ccccc3Cl)c(=O)n(C3CC3)c2n1. The van der Waals surface area contributed by atoms with Gasteiger partial charge in [0.2, 0.25) is 5.95 Å². The Bertz CT molecular complexity index is 1180. The molecule has 3 heterocycles. The summed E-state index contributed by atoms with van der Waals surface area (Å²) < 4.78 is 1.85. The van der Waals surface area contributed by atoms with Gasteiger partial charge in [0.05, 0.1) is 0 Å². The third kappa shape index (κ3) is 2.85. The summed E-state index contributed by atoms with van der Waals surface area (Å²) in [5.41, 5.74) is 2.06. The van der Waals surface area contributed by atoms with Crippen molar-refractivity contribution in [1.82, 2.24) is 19.4 Å². The van der Waals surface area contributed by atoms with E-state index in [1.54, 1.807) is 0 Å². The minimum absolute atomic E-state index is 0.0253. The van der Waals surface area contributed by atoms with Gasteiger partial charge >= 0.3 is 0 Å². The highest BCUT2D eigenvalue weighted by atomic mass is 35.5. The van der Waals surface area contributed by atoms with E-state index in [0.29, 0.717) is 40.1 Å². The molecule has 2 saturated carbocycles. The molecule has 2 aromatic heterocycles. The maximum Gasteiger partial charge on any atom is 0.260 e. The van der Waals surface area contributed by atoms with Crippen LogP contribution in [0.15, 0.2) is 41.3 Å². The molecule has 0 bridgehead atoms. The molecule has 0 spiro atoms. The van der Waals surface area contributed by atoms with Crippen LogP contribution >= 0.6 is 11.6 Å². The summed E-state index contributed by atoms with van der Waals surface area (Å²) in [6.07, 6.45) is 3.84. The number of rotatable bonds is 4. The fourth-order valence-electron chi connectivity index (χ4n) is 4.83. The van der Waals surface area contributed by atoms with Gasteiger partial charge < -0.3 is 10.2 Å². The summed E-state index contributed by atoms with van der Waals surface area (Å²) in [5, 5.41) is 4.95. The Morgan fingerprint density at radius 2 is 1.90 bits per heavy atom. The van der Waals surface area contributed by atoms with Gasteiger partial charge in [-0.05, 0) is 43.9 Å². The number of hydrogen-bond acceptors (Lipinski definition) is 5. The topological polar surface area (TPSA) is 63.1 Å². The van der Waals surface area contributed by atoms with Gasteiger partial charge in [-0.2, -0.15) is 4.98 Å². The number of piperidine rings is 1. The molecule has 6 rings (SSSR count). The predicted molar refractivity (Wildman–Crippen MR) is 114 cm³/mol. The molecular weight excluding hydrogens is 386 g/mol. The number of hydrogen-bond donors (Lipinski definition) is 1. The van der Waals surface area contributed by atoms with Crippen molar-refractivity contribution >= 4 is 28.6 Å². The highest BCUT2D eigenvalue weighted by molar-refractivity contribution is 6.33. The minimum atomic E-state index is -0.0253. The number of fused-ring (bicyclic) bond motifs is 2. The van der Waals surface area contributed by atoms with Crippen LogP contribution in [0.1, 0.15) is 18.9 Å². The average molecular weight is 408 g/mol. The summed E-state index contributed by atoms with van der Waals surface area (Å²) in [5.74, 6) is 2.00. The van der Waals surface area contributed by atoms with Gasteiger partial charge in [0.25, 0.3) is 5.56 Å². The lowest BCUT2D eigenvalue weighted by Gasteiger charge is -2.15. The third-order valence-corrected chi connectivity index (χ3v) is 6.85. The van der Waals surface area contributed by atoms with Gasteiger partial charge in [-0.1, -0.05) is 29.8 Å². The molecule has 0 radical (unpaired) electrons. The molecule has 2 atom stereocenters. The molecule has 1 saturated heterocycles. The first kappa shape index (κ1) is 17.4. The molecule has 1 aliphatic heterocycles. The lowest BCUT2D eigenvalue weighted by molar-refractivity contribution is 0.366. The van der Waals surface area contributed by atoms with E-state index < -0.39 is 0 Å². The second kappa shape index (κ2) is 6.28. The smallest absolute Gasteiger partial charge is 0.260 e. The number of aromatic nitrogens is 3. The average Bonchev–Trinajstić information content (AvgIpc) is 3.61. The Hall–Kier alpha value is -2.44. The van der Waals surface area contributed by atoms with Gasteiger partial charge in [-0.3, -0.25) is 9.36 Å². The standard InChI is InChI=1S/C22H22ClN5O/c1-27-10-16-17(11-27)19(16)25-22-24-9-12-8-15(14-4-2-3-5-18(14)23)21(29)28(13-6-7-13)20(12)26-22/h2-5,8-9,13,16-17,19H,6-7,10-11H2,1H3,(H,24,25,26). The van der Waals surface area contributed by atoms with Crippen LogP contribution < -0.4 is 10.9 Å². The van der Waals surface area contributed by atoms with Crippen LogP contribution in [-0.4, -0.2) is 45.6 Å². The zero-order valence-electron chi connectivity index (χ0n) is 16.2. The maximum absolute atomic E-state index is 13.4. The van der Waals surface area contributed by atoms with E-state index in [-0.39, 0.29) is 11.6 Å². The molecule has 2 unspecified atom stereocenters. The summed E-state index contributed by atoms with van der Waals surface area (Å²) in [4.78, 5) is 25.1. The van der Waals surface area contributed by atoms with Crippen LogP contribution in [0.2, 0.25) is 5.02 Å². The Kier molecular flexibility index (Phi) is 3.77. The predicted octanol–water partition coefficient (Wildman–Crippen LogP) is 3.42. The summed E-state index contributed by atoms with van der Waals surface area (Å²) in [6.45, 7) is 2.26. The molecular formula is C22H22ClN5O. The van der Waals surface area contributed by atoms with Crippen LogP contribution in [-0.2, 0) is 0 Å². The Morgan fingerprint density at radius 1 is 1.14 bits per heavy atom. The number of nitrogens with one attached hydrogen (secondary N) is 1. The number of likely N-dealkylation sites (tertiary alicyclic amines) is 1. The first-order valence-corrected chi connectivity index (χ1v) is 10.6. The Labute approximate surface area is 173 Å². The van der Waals surface area contributed by atoms with Crippen LogP contribution in [0.5, 0.6) is 0 Å². The fraction of sp³-hybridized carbons (Fsp3) is 0.409. The first-order valence-electron chi connectivity index (χ1n) is 10.2. The van der Waals surface area contributed by atoms with Crippen molar-refractivity contribution in [3.63, 3.8) is 0 Å². The molecule has 1 N–H and O–H groups in total. The lowest BCUT2D eigenvalue weighted by atomic mass is 10.1. The quantitative estimate of drug-likeness (QED) is 0.718. The highest BCUT2D eigenvalue weighted by Gasteiger charge is 2.55. The highest BCUT2D eigenvalue weighted by Crippen LogP contribution is 2.46. The molecule has 3 fully saturated rings. The monoisotopic (exact) mass is 407 g/mol. The van der Waals surface area contributed by atoms with Gasteiger partial charge in [0.1, 0.15) is 5.65 Å². The largest absolute Gasteiger partial charge is 0.351 e. The first-order chi connectivity index (χ1) is 14.1. The summed E-state index contributed by atoms with van der Waals surface area (Å²) in [6, 6.07) is 10.0. The van der Waals surface area contributed by atoms with Crippen molar-refractivity contribution in [3.05, 3.63) is 51.9 Å². The summed E-state index contributed by atoms with van der Waals surface area (Å²) in [7, 11) is 2.17. The molecule has 1 aromatic carbocycles. The molecule has 148 valence electrons. The third-order valence-electron chi connectivity index (χ3n) is 6.52. The Morgan fingerprint density at radius 3 is 2.62 bits per heavy atom. The maximum atomic E-state index is 13.4. The number of anilines is 1. The molecule has 0 amide bonds. The molecule has 6 nitrogen and oxygen atoms in total. The van der Waals surface area contributed by atoms with Crippen LogP contribution in [0, 0.1) is 11.8 Å². The zero-order chi connectivity index (χ0) is 19.7. The number of pyridine rings is 1. The van der Waals surface area contributed by atoms with E-state index in [4.69, 9.17) is 16.6 Å². The molecule has 3 aliphatic rings. The fourth-order valence-corrected chi connectivity index (χ4v) is 5.07. The van der Waals surface area contributed by atoms with Crippen molar-refractivity contribution in [2.24, 2.45) is 11.8 Å². The van der Waals surface area contributed by atoms with Gasteiger partial charge in [-0.25, -0.2) is 4.98 Å². The van der Waals surface area contributed by atoms with Crippen LogP contribution in [0.25, 0.3) is 22.2 Å². The van der Waals surface area contributed by atoms with E-state index in [1.807, 2.05) is 41.1 Å².